The third-order valence-electron chi connectivity index (χ3n) is 4.60. The number of nitrogens with zero attached hydrogens (tertiary/aromatic N) is 1. The van der Waals surface area contributed by atoms with Crippen molar-refractivity contribution in [3.8, 4) is 0 Å². The molecule has 1 aliphatic heterocycles. The quantitative estimate of drug-likeness (QED) is 0.609. The Balaban J connectivity index is 1.69. The number of ether oxygens (including phenoxy) is 1. The maximum atomic E-state index is 12.0. The van der Waals surface area contributed by atoms with Gasteiger partial charge in [0.25, 0.3) is 5.91 Å². The molecule has 1 N–H and O–H groups in total. The van der Waals surface area contributed by atoms with Crippen LogP contribution >= 0.6 is 24.0 Å². The van der Waals surface area contributed by atoms with Crippen molar-refractivity contribution in [2.45, 2.75) is 33.6 Å². The molecule has 26 heavy (non-hydrogen) atoms. The number of thiocarbonyl (C=S) groups is 1. The van der Waals surface area contributed by atoms with Gasteiger partial charge in [-0.25, -0.2) is 0 Å². The first-order valence-corrected chi connectivity index (χ1v) is 10.2. The van der Waals surface area contributed by atoms with E-state index in [-0.39, 0.29) is 18.3 Å². The second kappa shape index (κ2) is 9.92. The van der Waals surface area contributed by atoms with Crippen LogP contribution in [0.1, 0.15) is 30.9 Å². The molecule has 1 heterocycles. The predicted molar refractivity (Wildman–Crippen MR) is 111 cm³/mol. The Morgan fingerprint density at radius 3 is 2.69 bits per heavy atom. The van der Waals surface area contributed by atoms with Crippen LogP contribution in [0.5, 0.6) is 0 Å². The highest BCUT2D eigenvalue weighted by Crippen LogP contribution is 2.20. The summed E-state index contributed by atoms with van der Waals surface area (Å²) in [6.07, 6.45) is 2.26. The van der Waals surface area contributed by atoms with Crippen LogP contribution in [0, 0.1) is 19.8 Å². The number of anilines is 1. The van der Waals surface area contributed by atoms with Crippen molar-refractivity contribution in [1.29, 1.82) is 0 Å². The van der Waals surface area contributed by atoms with Crippen molar-refractivity contribution in [2.75, 3.05) is 30.8 Å². The van der Waals surface area contributed by atoms with Crippen LogP contribution in [0.2, 0.25) is 0 Å². The zero-order valence-electron chi connectivity index (χ0n) is 15.5. The lowest BCUT2D eigenvalue weighted by Crippen LogP contribution is -2.36. The molecule has 0 unspecified atom stereocenters. The second-order valence-corrected chi connectivity index (χ2v) is 8.29. The summed E-state index contributed by atoms with van der Waals surface area (Å²) in [7, 11) is 0. The molecule has 142 valence electrons. The molecular weight excluding hydrogens is 368 g/mol. The van der Waals surface area contributed by atoms with Gasteiger partial charge in [0.1, 0.15) is 4.32 Å². The lowest BCUT2D eigenvalue weighted by Gasteiger charge is -2.31. The summed E-state index contributed by atoms with van der Waals surface area (Å²) in [5, 5.41) is 2.77. The normalized spacial score (nSPS) is 14.8. The molecular formula is C19H26N2O3S2. The van der Waals surface area contributed by atoms with Crippen LogP contribution in [0.25, 0.3) is 0 Å². The number of piperidine rings is 1. The molecule has 0 atom stereocenters. The van der Waals surface area contributed by atoms with E-state index < -0.39 is 5.97 Å². The van der Waals surface area contributed by atoms with Gasteiger partial charge in [0.2, 0.25) is 0 Å². The average Bonchev–Trinajstić information content (AvgIpc) is 2.62. The number of hydrogen-bond acceptors (Lipinski definition) is 5. The van der Waals surface area contributed by atoms with Gasteiger partial charge in [-0.2, -0.15) is 0 Å². The van der Waals surface area contributed by atoms with Gasteiger partial charge >= 0.3 is 5.97 Å². The molecule has 2 rings (SSSR count). The van der Waals surface area contributed by atoms with E-state index >= 15 is 0 Å². The molecule has 1 fully saturated rings. The van der Waals surface area contributed by atoms with Crippen LogP contribution in [-0.2, 0) is 14.3 Å². The Morgan fingerprint density at radius 2 is 2.00 bits per heavy atom. The van der Waals surface area contributed by atoms with Crippen molar-refractivity contribution in [1.82, 2.24) is 4.90 Å². The lowest BCUT2D eigenvalue weighted by atomic mass is 10.00. The van der Waals surface area contributed by atoms with Crippen molar-refractivity contribution in [3.05, 3.63) is 29.3 Å². The zero-order valence-corrected chi connectivity index (χ0v) is 17.2. The van der Waals surface area contributed by atoms with Gasteiger partial charge in [0.15, 0.2) is 6.61 Å². The average molecular weight is 395 g/mol. The summed E-state index contributed by atoms with van der Waals surface area (Å²) in [6, 6.07) is 5.69. The number of carbonyl (C=O) groups is 2. The van der Waals surface area contributed by atoms with Crippen LogP contribution in [-0.4, -0.2) is 46.5 Å². The smallest absolute Gasteiger partial charge is 0.316 e. The van der Waals surface area contributed by atoms with E-state index in [9.17, 15) is 9.59 Å². The third-order valence-corrected chi connectivity index (χ3v) is 6.10. The largest absolute Gasteiger partial charge is 0.455 e. The molecule has 5 nitrogen and oxygen atoms in total. The highest BCUT2D eigenvalue weighted by atomic mass is 32.2. The van der Waals surface area contributed by atoms with Gasteiger partial charge in [-0.15, -0.1) is 0 Å². The molecule has 7 heteroatoms. The van der Waals surface area contributed by atoms with Crippen molar-refractivity contribution < 1.29 is 14.3 Å². The van der Waals surface area contributed by atoms with Gasteiger partial charge in [-0.05, 0) is 49.8 Å². The fourth-order valence-electron chi connectivity index (χ4n) is 2.66. The van der Waals surface area contributed by atoms with Crippen LogP contribution in [0.4, 0.5) is 5.69 Å². The predicted octanol–water partition coefficient (Wildman–Crippen LogP) is 3.54. The first-order chi connectivity index (χ1) is 12.4. The molecule has 0 radical (unpaired) electrons. The Hall–Kier alpha value is -1.60. The number of hydrogen-bond donors (Lipinski definition) is 1. The minimum Gasteiger partial charge on any atom is -0.455 e. The van der Waals surface area contributed by atoms with Gasteiger partial charge in [0, 0.05) is 18.8 Å². The maximum absolute atomic E-state index is 12.0. The number of esters is 1. The standard InChI is InChI=1S/C19H26N2O3S2/c1-13-7-9-21(10-8-13)19(25)26-12-18(23)24-11-17(22)20-16-6-4-5-14(2)15(16)3/h4-6,13H,7-12H2,1-3H3,(H,20,22). The lowest BCUT2D eigenvalue weighted by molar-refractivity contribution is -0.144. The van der Waals surface area contributed by atoms with E-state index in [0.29, 0.717) is 0 Å². The van der Waals surface area contributed by atoms with Crippen molar-refractivity contribution in [2.24, 2.45) is 5.92 Å². The number of rotatable bonds is 5. The highest BCUT2D eigenvalue weighted by Gasteiger charge is 2.19. The monoisotopic (exact) mass is 394 g/mol. The van der Waals surface area contributed by atoms with Crippen LogP contribution in [0.15, 0.2) is 18.2 Å². The molecule has 0 aliphatic carbocycles. The maximum Gasteiger partial charge on any atom is 0.316 e. The Morgan fingerprint density at radius 1 is 1.31 bits per heavy atom. The van der Waals surface area contributed by atoms with Gasteiger partial charge in [-0.3, -0.25) is 9.59 Å². The number of nitrogens with one attached hydrogen (secondary N) is 1. The Kier molecular flexibility index (Phi) is 7.90. The number of benzene rings is 1. The van der Waals surface area contributed by atoms with Crippen LogP contribution in [0.3, 0.4) is 0 Å². The van der Waals surface area contributed by atoms with Crippen molar-refractivity contribution >= 4 is 45.9 Å². The molecule has 1 aromatic rings. The fourth-order valence-corrected chi connectivity index (χ4v) is 3.71. The van der Waals surface area contributed by atoms with Crippen LogP contribution < -0.4 is 5.32 Å². The van der Waals surface area contributed by atoms with E-state index in [1.807, 2.05) is 32.0 Å². The topological polar surface area (TPSA) is 58.6 Å². The first-order valence-electron chi connectivity index (χ1n) is 8.80. The number of aryl methyl sites for hydroxylation is 1. The summed E-state index contributed by atoms with van der Waals surface area (Å²) in [6.45, 7) is 7.76. The minimum absolute atomic E-state index is 0.127. The van der Waals surface area contributed by atoms with E-state index in [1.165, 1.54) is 11.8 Å². The molecule has 0 aromatic heterocycles. The number of amides is 1. The molecule has 1 aromatic carbocycles. The number of likely N-dealkylation sites (tertiary alicyclic amines) is 1. The van der Waals surface area contributed by atoms with Gasteiger partial charge in [-0.1, -0.05) is 43.0 Å². The molecule has 0 saturated carbocycles. The Bertz CT molecular complexity index is 671. The first kappa shape index (κ1) is 20.7. The Labute approximate surface area is 164 Å². The molecule has 0 spiro atoms. The molecule has 1 aliphatic rings. The fraction of sp³-hybridized carbons (Fsp3) is 0.526. The van der Waals surface area contributed by atoms with Gasteiger partial charge in [0.05, 0.1) is 5.75 Å². The highest BCUT2D eigenvalue weighted by molar-refractivity contribution is 8.23. The SMILES string of the molecule is Cc1cccc(NC(=O)COC(=O)CSC(=S)N2CCC(C)CC2)c1C. The summed E-state index contributed by atoms with van der Waals surface area (Å²) >= 11 is 6.69. The molecule has 1 saturated heterocycles. The van der Waals surface area contributed by atoms with E-state index in [0.717, 1.165) is 53.0 Å². The summed E-state index contributed by atoms with van der Waals surface area (Å²) in [5.74, 6) is 0.0878. The van der Waals surface area contributed by atoms with E-state index in [4.69, 9.17) is 17.0 Å². The molecule has 0 bridgehead atoms. The summed E-state index contributed by atoms with van der Waals surface area (Å²) in [4.78, 5) is 26.0. The molecule has 1 amide bonds. The second-order valence-electron chi connectivity index (χ2n) is 6.68. The van der Waals surface area contributed by atoms with Crippen molar-refractivity contribution in [3.63, 3.8) is 0 Å². The van der Waals surface area contributed by atoms with E-state index in [2.05, 4.69) is 17.1 Å². The summed E-state index contributed by atoms with van der Waals surface area (Å²) in [5.41, 5.74) is 2.83. The zero-order chi connectivity index (χ0) is 19.1. The number of carbonyl (C=O) groups excluding carboxylic acids is 2. The minimum atomic E-state index is -0.432. The summed E-state index contributed by atoms with van der Waals surface area (Å²) < 4.78 is 5.78. The van der Waals surface area contributed by atoms with E-state index in [1.54, 1.807) is 0 Å². The van der Waals surface area contributed by atoms with Gasteiger partial charge < -0.3 is 15.0 Å². The number of thioether (sulfide) groups is 1. The third kappa shape index (κ3) is 6.29.